The topological polar surface area (TPSA) is 51.0 Å². The highest BCUT2D eigenvalue weighted by atomic mass is 16.2. The summed E-state index contributed by atoms with van der Waals surface area (Å²) in [4.78, 5) is 15.2. The number of fused-ring (bicyclic) bond motifs is 1. The minimum Gasteiger partial charge on any atom is -0.308 e. The summed E-state index contributed by atoms with van der Waals surface area (Å²) in [5.74, 6) is 0.0775. The van der Waals surface area contributed by atoms with Crippen LogP contribution in [-0.2, 0) is 11.3 Å². The monoisotopic (exact) mass is 334 g/mol. The number of carbonyl (C=O) groups is 1. The first kappa shape index (κ1) is 15.8. The first-order valence-electron chi connectivity index (χ1n) is 8.98. The van der Waals surface area contributed by atoms with Crippen molar-refractivity contribution in [1.29, 1.82) is 0 Å². The van der Waals surface area contributed by atoms with Crippen LogP contribution in [0.25, 0.3) is 11.0 Å². The number of hydrogen-bond donors (Lipinski definition) is 0. The summed E-state index contributed by atoms with van der Waals surface area (Å²) in [6.45, 7) is 0.214. The number of aromatic nitrogens is 3. The first-order valence-corrected chi connectivity index (χ1v) is 8.98. The SMILES string of the molecule is O=C(Cn1nnc2ccccc21)N(c1ccccc1)C1CCCCC1. The van der Waals surface area contributed by atoms with Crippen molar-refractivity contribution in [3.63, 3.8) is 0 Å². The van der Waals surface area contributed by atoms with E-state index in [1.165, 1.54) is 19.3 Å². The normalized spacial score (nSPS) is 15.4. The number of nitrogens with zero attached hydrogens (tertiary/aromatic N) is 4. The van der Waals surface area contributed by atoms with Gasteiger partial charge in [-0.15, -0.1) is 5.10 Å². The van der Waals surface area contributed by atoms with E-state index in [0.29, 0.717) is 0 Å². The molecule has 1 aromatic heterocycles. The van der Waals surface area contributed by atoms with Crippen molar-refractivity contribution in [3.8, 4) is 0 Å². The second-order valence-electron chi connectivity index (χ2n) is 6.63. The first-order chi connectivity index (χ1) is 12.3. The molecule has 1 heterocycles. The molecule has 5 heteroatoms. The highest BCUT2D eigenvalue weighted by Crippen LogP contribution is 2.28. The van der Waals surface area contributed by atoms with Crippen molar-refractivity contribution in [2.24, 2.45) is 0 Å². The zero-order valence-corrected chi connectivity index (χ0v) is 14.2. The van der Waals surface area contributed by atoms with E-state index in [0.717, 1.165) is 29.6 Å². The Hall–Kier alpha value is -2.69. The maximum atomic E-state index is 13.2. The van der Waals surface area contributed by atoms with Crippen LogP contribution in [0.3, 0.4) is 0 Å². The maximum absolute atomic E-state index is 13.2. The molecule has 0 aliphatic heterocycles. The highest BCUT2D eigenvalue weighted by molar-refractivity contribution is 5.94. The van der Waals surface area contributed by atoms with Gasteiger partial charge in [-0.3, -0.25) is 4.79 Å². The van der Waals surface area contributed by atoms with Crippen LogP contribution in [0.1, 0.15) is 32.1 Å². The van der Waals surface area contributed by atoms with E-state index in [1.807, 2.05) is 59.5 Å². The Bertz CT molecular complexity index is 852. The smallest absolute Gasteiger partial charge is 0.249 e. The van der Waals surface area contributed by atoms with Gasteiger partial charge in [-0.2, -0.15) is 0 Å². The largest absolute Gasteiger partial charge is 0.308 e. The van der Waals surface area contributed by atoms with Gasteiger partial charge in [-0.05, 0) is 37.1 Å². The summed E-state index contributed by atoms with van der Waals surface area (Å²) in [6.07, 6.45) is 5.78. The average molecular weight is 334 g/mol. The second kappa shape index (κ2) is 7.05. The molecule has 4 rings (SSSR count). The maximum Gasteiger partial charge on any atom is 0.249 e. The molecule has 0 spiro atoms. The molecule has 128 valence electrons. The number of hydrogen-bond acceptors (Lipinski definition) is 3. The summed E-state index contributed by atoms with van der Waals surface area (Å²) in [6, 6.07) is 18.0. The molecule has 1 amide bonds. The molecule has 0 N–H and O–H groups in total. The van der Waals surface area contributed by atoms with Crippen LogP contribution in [0.2, 0.25) is 0 Å². The zero-order chi connectivity index (χ0) is 17.1. The van der Waals surface area contributed by atoms with E-state index < -0.39 is 0 Å². The fourth-order valence-corrected chi connectivity index (χ4v) is 3.72. The van der Waals surface area contributed by atoms with Gasteiger partial charge in [-0.1, -0.05) is 54.8 Å². The number of para-hydroxylation sites is 2. The molecule has 5 nitrogen and oxygen atoms in total. The van der Waals surface area contributed by atoms with Crippen LogP contribution < -0.4 is 4.90 Å². The van der Waals surface area contributed by atoms with Crippen LogP contribution in [0.5, 0.6) is 0 Å². The van der Waals surface area contributed by atoms with Gasteiger partial charge < -0.3 is 4.90 Å². The fourth-order valence-electron chi connectivity index (χ4n) is 3.72. The van der Waals surface area contributed by atoms with Crippen molar-refractivity contribution < 1.29 is 4.79 Å². The molecule has 1 aliphatic carbocycles. The predicted molar refractivity (Wildman–Crippen MR) is 98.3 cm³/mol. The number of anilines is 1. The average Bonchev–Trinajstić information content (AvgIpc) is 3.07. The lowest BCUT2D eigenvalue weighted by Crippen LogP contribution is -2.43. The number of benzene rings is 2. The van der Waals surface area contributed by atoms with Crippen molar-refractivity contribution in [1.82, 2.24) is 15.0 Å². The van der Waals surface area contributed by atoms with Crippen LogP contribution in [0, 0.1) is 0 Å². The lowest BCUT2D eigenvalue weighted by atomic mass is 9.93. The van der Waals surface area contributed by atoms with Gasteiger partial charge in [0.2, 0.25) is 5.91 Å². The Morgan fingerprint density at radius 3 is 2.52 bits per heavy atom. The van der Waals surface area contributed by atoms with Crippen molar-refractivity contribution >= 4 is 22.6 Å². The summed E-state index contributed by atoms with van der Waals surface area (Å²) < 4.78 is 1.70. The zero-order valence-electron chi connectivity index (χ0n) is 14.2. The molecule has 1 aliphatic rings. The van der Waals surface area contributed by atoms with Crippen molar-refractivity contribution in [2.75, 3.05) is 4.90 Å². The van der Waals surface area contributed by atoms with Crippen molar-refractivity contribution in [3.05, 3.63) is 54.6 Å². The Kier molecular flexibility index (Phi) is 4.46. The number of rotatable bonds is 4. The van der Waals surface area contributed by atoms with E-state index >= 15 is 0 Å². The van der Waals surface area contributed by atoms with E-state index in [4.69, 9.17) is 0 Å². The third-order valence-corrected chi connectivity index (χ3v) is 4.95. The molecule has 0 unspecified atom stereocenters. The second-order valence-corrected chi connectivity index (χ2v) is 6.63. The molecule has 2 aromatic carbocycles. The quantitative estimate of drug-likeness (QED) is 0.729. The Balaban J connectivity index is 1.63. The molecule has 0 bridgehead atoms. The lowest BCUT2D eigenvalue weighted by Gasteiger charge is -2.34. The van der Waals surface area contributed by atoms with Crippen LogP contribution in [0.4, 0.5) is 5.69 Å². The molecule has 0 radical (unpaired) electrons. The third-order valence-electron chi connectivity index (χ3n) is 4.95. The van der Waals surface area contributed by atoms with Gasteiger partial charge in [0.05, 0.1) is 5.52 Å². The Morgan fingerprint density at radius 2 is 1.72 bits per heavy atom. The lowest BCUT2D eigenvalue weighted by molar-refractivity contribution is -0.119. The summed E-state index contributed by atoms with van der Waals surface area (Å²) in [7, 11) is 0. The standard InChI is InChI=1S/C20H22N4O/c25-20(15-23-19-14-8-7-13-18(19)21-22-23)24(16-9-3-1-4-10-16)17-11-5-2-6-12-17/h1,3-4,7-10,13-14,17H,2,5-6,11-12,15H2. The van der Waals surface area contributed by atoms with E-state index in [9.17, 15) is 4.79 Å². The third kappa shape index (κ3) is 3.27. The fraction of sp³-hybridized carbons (Fsp3) is 0.350. The van der Waals surface area contributed by atoms with Gasteiger partial charge in [0.25, 0.3) is 0 Å². The van der Waals surface area contributed by atoms with Gasteiger partial charge in [0, 0.05) is 11.7 Å². The molecule has 3 aromatic rings. The highest BCUT2D eigenvalue weighted by Gasteiger charge is 2.27. The minimum absolute atomic E-state index is 0.0775. The van der Waals surface area contributed by atoms with E-state index in [2.05, 4.69) is 10.3 Å². The Morgan fingerprint density at radius 1 is 1.00 bits per heavy atom. The molecule has 1 fully saturated rings. The van der Waals surface area contributed by atoms with Gasteiger partial charge in [0.1, 0.15) is 12.1 Å². The van der Waals surface area contributed by atoms with Crippen LogP contribution >= 0.6 is 0 Å². The van der Waals surface area contributed by atoms with Gasteiger partial charge in [0.15, 0.2) is 0 Å². The van der Waals surface area contributed by atoms with Gasteiger partial charge >= 0.3 is 0 Å². The molecular weight excluding hydrogens is 312 g/mol. The minimum atomic E-state index is 0.0775. The van der Waals surface area contributed by atoms with E-state index in [-0.39, 0.29) is 18.5 Å². The molecule has 0 saturated heterocycles. The molecule has 1 saturated carbocycles. The van der Waals surface area contributed by atoms with Crippen LogP contribution in [-0.4, -0.2) is 26.9 Å². The summed E-state index contributed by atoms with van der Waals surface area (Å²) in [5.41, 5.74) is 2.69. The Labute approximate surface area is 147 Å². The molecule has 25 heavy (non-hydrogen) atoms. The van der Waals surface area contributed by atoms with Gasteiger partial charge in [-0.25, -0.2) is 4.68 Å². The summed E-state index contributed by atoms with van der Waals surface area (Å²) in [5, 5.41) is 8.33. The van der Waals surface area contributed by atoms with Crippen molar-refractivity contribution in [2.45, 2.75) is 44.7 Å². The summed E-state index contributed by atoms with van der Waals surface area (Å²) >= 11 is 0. The molecular formula is C20H22N4O. The molecule has 0 atom stereocenters. The predicted octanol–water partition coefficient (Wildman–Crippen LogP) is 3.80. The number of carbonyl (C=O) groups excluding carboxylic acids is 1. The van der Waals surface area contributed by atoms with E-state index in [1.54, 1.807) is 4.68 Å². The number of amides is 1. The van der Waals surface area contributed by atoms with Crippen LogP contribution in [0.15, 0.2) is 54.6 Å².